The minimum absolute atomic E-state index is 0.217. The molecule has 2 rings (SSSR count). The van der Waals surface area contributed by atoms with E-state index in [4.69, 9.17) is 17.3 Å². The number of nitrogens with two attached hydrogens (primary N) is 1. The molecule has 0 spiro atoms. The van der Waals surface area contributed by atoms with Crippen LogP contribution in [0.5, 0.6) is 0 Å². The Morgan fingerprint density at radius 3 is 2.93 bits per heavy atom. The average Bonchev–Trinajstić information content (AvgIpc) is 2.16. The van der Waals surface area contributed by atoms with Gasteiger partial charge in [-0.2, -0.15) is 0 Å². The van der Waals surface area contributed by atoms with Crippen molar-refractivity contribution in [1.82, 2.24) is 9.97 Å². The first-order valence-corrected chi connectivity index (χ1v) is 5.51. The molecule has 1 aromatic rings. The highest BCUT2D eigenvalue weighted by atomic mass is 35.5. The molecule has 0 radical (unpaired) electrons. The SMILES string of the molecule is CC1CC(N)CN(c2cncc(Cl)n2)C1. The smallest absolute Gasteiger partial charge is 0.149 e. The Balaban J connectivity index is 2.16. The lowest BCUT2D eigenvalue weighted by molar-refractivity contribution is 0.399. The van der Waals surface area contributed by atoms with Gasteiger partial charge in [0.15, 0.2) is 0 Å². The summed E-state index contributed by atoms with van der Waals surface area (Å²) in [6.07, 6.45) is 4.35. The molecule has 0 amide bonds. The molecule has 0 saturated carbocycles. The standard InChI is InChI=1S/C10H15ClN4/c1-7-2-8(12)6-15(5-7)10-4-13-3-9(11)14-10/h3-4,7-8H,2,5-6,12H2,1H3. The van der Waals surface area contributed by atoms with Crippen molar-refractivity contribution in [3.63, 3.8) is 0 Å². The van der Waals surface area contributed by atoms with Crippen LogP contribution in [0.1, 0.15) is 13.3 Å². The van der Waals surface area contributed by atoms with Gasteiger partial charge in [-0.25, -0.2) is 4.98 Å². The van der Waals surface area contributed by atoms with E-state index in [0.717, 1.165) is 25.3 Å². The van der Waals surface area contributed by atoms with E-state index in [1.165, 1.54) is 0 Å². The number of aromatic nitrogens is 2. The van der Waals surface area contributed by atoms with E-state index in [1.54, 1.807) is 12.4 Å². The van der Waals surface area contributed by atoms with E-state index < -0.39 is 0 Å². The monoisotopic (exact) mass is 226 g/mol. The lowest BCUT2D eigenvalue weighted by atomic mass is 9.97. The van der Waals surface area contributed by atoms with Crippen molar-refractivity contribution in [2.24, 2.45) is 11.7 Å². The lowest BCUT2D eigenvalue weighted by Crippen LogP contribution is -2.46. The van der Waals surface area contributed by atoms with Crippen molar-refractivity contribution in [1.29, 1.82) is 0 Å². The van der Waals surface area contributed by atoms with Gasteiger partial charge in [0.05, 0.1) is 12.4 Å². The zero-order valence-electron chi connectivity index (χ0n) is 8.73. The summed E-state index contributed by atoms with van der Waals surface area (Å²) in [5, 5.41) is 0.430. The van der Waals surface area contributed by atoms with Crippen molar-refractivity contribution < 1.29 is 0 Å². The first kappa shape index (κ1) is 10.6. The maximum Gasteiger partial charge on any atom is 0.149 e. The van der Waals surface area contributed by atoms with Crippen LogP contribution in [-0.4, -0.2) is 29.1 Å². The van der Waals surface area contributed by atoms with Gasteiger partial charge in [-0.05, 0) is 12.3 Å². The second-order valence-electron chi connectivity index (χ2n) is 4.21. The van der Waals surface area contributed by atoms with E-state index in [9.17, 15) is 0 Å². The second-order valence-corrected chi connectivity index (χ2v) is 4.59. The Labute approximate surface area is 94.5 Å². The van der Waals surface area contributed by atoms with E-state index in [1.807, 2.05) is 0 Å². The fourth-order valence-electron chi connectivity index (χ4n) is 2.07. The molecule has 1 saturated heterocycles. The summed E-state index contributed by atoms with van der Waals surface area (Å²) in [7, 11) is 0. The summed E-state index contributed by atoms with van der Waals surface area (Å²) in [5.41, 5.74) is 5.97. The molecule has 2 heterocycles. The number of anilines is 1. The van der Waals surface area contributed by atoms with Gasteiger partial charge < -0.3 is 10.6 Å². The third kappa shape index (κ3) is 2.58. The molecule has 1 aliphatic rings. The van der Waals surface area contributed by atoms with Crippen molar-refractivity contribution in [3.05, 3.63) is 17.5 Å². The predicted molar refractivity (Wildman–Crippen MR) is 61.0 cm³/mol. The van der Waals surface area contributed by atoms with Gasteiger partial charge in [-0.3, -0.25) is 4.98 Å². The number of piperidine rings is 1. The fraction of sp³-hybridized carbons (Fsp3) is 0.600. The highest BCUT2D eigenvalue weighted by Gasteiger charge is 2.23. The molecule has 0 bridgehead atoms. The molecule has 82 valence electrons. The van der Waals surface area contributed by atoms with Gasteiger partial charge in [0, 0.05) is 19.1 Å². The Bertz CT molecular complexity index is 334. The van der Waals surface area contributed by atoms with Crippen LogP contribution in [0.4, 0.5) is 5.82 Å². The Morgan fingerprint density at radius 1 is 1.47 bits per heavy atom. The summed E-state index contributed by atoms with van der Waals surface area (Å²) < 4.78 is 0. The Morgan fingerprint density at radius 2 is 2.27 bits per heavy atom. The van der Waals surface area contributed by atoms with E-state index >= 15 is 0 Å². The predicted octanol–water partition coefficient (Wildman–Crippen LogP) is 1.30. The highest BCUT2D eigenvalue weighted by Crippen LogP contribution is 2.20. The van der Waals surface area contributed by atoms with Crippen LogP contribution in [0, 0.1) is 5.92 Å². The van der Waals surface area contributed by atoms with E-state index in [2.05, 4.69) is 21.8 Å². The van der Waals surface area contributed by atoms with Crippen LogP contribution < -0.4 is 10.6 Å². The number of hydrogen-bond donors (Lipinski definition) is 1. The van der Waals surface area contributed by atoms with E-state index in [-0.39, 0.29) is 6.04 Å². The lowest BCUT2D eigenvalue weighted by Gasteiger charge is -2.35. The van der Waals surface area contributed by atoms with Gasteiger partial charge in [0.25, 0.3) is 0 Å². The molecule has 2 atom stereocenters. The van der Waals surface area contributed by atoms with Crippen LogP contribution in [0.2, 0.25) is 5.15 Å². The Hall–Kier alpha value is -0.870. The van der Waals surface area contributed by atoms with Gasteiger partial charge in [-0.15, -0.1) is 0 Å². The van der Waals surface area contributed by atoms with Gasteiger partial charge >= 0.3 is 0 Å². The molecule has 4 nitrogen and oxygen atoms in total. The summed E-state index contributed by atoms with van der Waals surface area (Å²) >= 11 is 5.81. The molecule has 1 aromatic heterocycles. The second kappa shape index (κ2) is 4.33. The van der Waals surface area contributed by atoms with Crippen LogP contribution in [0.25, 0.3) is 0 Å². The summed E-state index contributed by atoms with van der Waals surface area (Å²) in [6, 6.07) is 0.217. The van der Waals surface area contributed by atoms with Gasteiger partial charge in [0.1, 0.15) is 11.0 Å². The first-order valence-electron chi connectivity index (χ1n) is 5.13. The first-order chi connectivity index (χ1) is 7.15. The number of nitrogens with zero attached hydrogens (tertiary/aromatic N) is 3. The zero-order valence-corrected chi connectivity index (χ0v) is 9.48. The summed E-state index contributed by atoms with van der Waals surface area (Å²) in [6.45, 7) is 4.01. The third-order valence-corrected chi connectivity index (χ3v) is 2.79. The minimum Gasteiger partial charge on any atom is -0.353 e. The minimum atomic E-state index is 0.217. The largest absolute Gasteiger partial charge is 0.353 e. The quantitative estimate of drug-likeness (QED) is 0.785. The highest BCUT2D eigenvalue weighted by molar-refractivity contribution is 6.29. The van der Waals surface area contributed by atoms with E-state index in [0.29, 0.717) is 11.1 Å². The third-order valence-electron chi connectivity index (χ3n) is 2.61. The molecule has 2 unspecified atom stereocenters. The van der Waals surface area contributed by atoms with Crippen molar-refractivity contribution >= 4 is 17.4 Å². The van der Waals surface area contributed by atoms with Crippen LogP contribution >= 0.6 is 11.6 Å². The fourth-order valence-corrected chi connectivity index (χ4v) is 2.21. The average molecular weight is 227 g/mol. The summed E-state index contributed by atoms with van der Waals surface area (Å²) in [4.78, 5) is 10.4. The maximum absolute atomic E-state index is 5.97. The molecule has 0 aliphatic carbocycles. The molecule has 2 N–H and O–H groups in total. The molecule has 5 heteroatoms. The molecule has 1 fully saturated rings. The number of hydrogen-bond acceptors (Lipinski definition) is 4. The topological polar surface area (TPSA) is 55.0 Å². The molecule has 15 heavy (non-hydrogen) atoms. The van der Waals surface area contributed by atoms with Gasteiger partial charge in [-0.1, -0.05) is 18.5 Å². The maximum atomic E-state index is 5.97. The van der Waals surface area contributed by atoms with Gasteiger partial charge in [0.2, 0.25) is 0 Å². The summed E-state index contributed by atoms with van der Waals surface area (Å²) in [5.74, 6) is 1.42. The molecule has 0 aromatic carbocycles. The zero-order chi connectivity index (χ0) is 10.8. The number of halogens is 1. The van der Waals surface area contributed by atoms with Crippen LogP contribution in [-0.2, 0) is 0 Å². The Kier molecular flexibility index (Phi) is 3.07. The normalized spacial score (nSPS) is 26.7. The van der Waals surface area contributed by atoms with Crippen molar-refractivity contribution in [3.8, 4) is 0 Å². The molecular formula is C10H15ClN4. The van der Waals surface area contributed by atoms with Crippen molar-refractivity contribution in [2.45, 2.75) is 19.4 Å². The molecular weight excluding hydrogens is 212 g/mol. The number of rotatable bonds is 1. The van der Waals surface area contributed by atoms with Crippen molar-refractivity contribution in [2.75, 3.05) is 18.0 Å². The molecule has 1 aliphatic heterocycles. The van der Waals surface area contributed by atoms with Crippen LogP contribution in [0.15, 0.2) is 12.4 Å². The van der Waals surface area contributed by atoms with Crippen LogP contribution in [0.3, 0.4) is 0 Å².